The largest absolute Gasteiger partial charge is 0.396 e. The zero-order valence-corrected chi connectivity index (χ0v) is 12.5. The van der Waals surface area contributed by atoms with Crippen molar-refractivity contribution in [1.82, 2.24) is 0 Å². The van der Waals surface area contributed by atoms with Gasteiger partial charge in [0.05, 0.1) is 0 Å². The highest BCUT2D eigenvalue weighted by molar-refractivity contribution is 4.49. The van der Waals surface area contributed by atoms with Crippen LogP contribution < -0.4 is 0 Å². The monoisotopic (exact) mass is 246 g/mol. The minimum atomic E-state index is 0.369. The Hall–Kier alpha value is -0.0800. The normalized spacial score (nSPS) is 10.2. The van der Waals surface area contributed by atoms with Crippen LogP contribution in [-0.2, 0) is 4.74 Å². The number of ether oxygens (including phenoxy) is 1. The summed E-state index contributed by atoms with van der Waals surface area (Å²) in [5.41, 5.74) is 0. The van der Waals surface area contributed by atoms with E-state index in [4.69, 9.17) is 5.11 Å². The van der Waals surface area contributed by atoms with E-state index in [9.17, 15) is 0 Å². The molecule has 2 heteroatoms. The van der Waals surface area contributed by atoms with E-state index in [1.54, 1.807) is 14.2 Å². The van der Waals surface area contributed by atoms with Gasteiger partial charge in [0.15, 0.2) is 0 Å². The van der Waals surface area contributed by atoms with Crippen molar-refractivity contribution in [3.63, 3.8) is 0 Å². The zero-order valence-electron chi connectivity index (χ0n) is 12.5. The molecule has 2 nitrogen and oxygen atoms in total. The summed E-state index contributed by atoms with van der Waals surface area (Å²) in [6.45, 7) is 4.97. The van der Waals surface area contributed by atoms with E-state index in [1.165, 1.54) is 51.4 Å². The van der Waals surface area contributed by atoms with E-state index in [0.717, 1.165) is 12.3 Å². The van der Waals surface area contributed by atoms with Crippen molar-refractivity contribution < 1.29 is 9.84 Å². The molecule has 0 aromatic carbocycles. The Morgan fingerprint density at radius 1 is 0.765 bits per heavy atom. The Morgan fingerprint density at radius 3 is 1.47 bits per heavy atom. The molecule has 0 spiro atoms. The van der Waals surface area contributed by atoms with Crippen molar-refractivity contribution in [2.45, 2.75) is 71.6 Å². The number of aliphatic hydroxyl groups is 1. The summed E-state index contributed by atoms with van der Waals surface area (Å²) in [5.74, 6) is 0.875. The Kier molecular flexibility index (Phi) is 20.7. The number of hydrogen-bond acceptors (Lipinski definition) is 2. The molecule has 0 aliphatic carbocycles. The third kappa shape index (κ3) is 25.9. The third-order valence-electron chi connectivity index (χ3n) is 2.69. The first-order chi connectivity index (χ1) is 8.18. The van der Waals surface area contributed by atoms with Gasteiger partial charge in [-0.05, 0) is 12.3 Å². The highest BCUT2D eigenvalue weighted by Crippen LogP contribution is 2.12. The molecule has 17 heavy (non-hydrogen) atoms. The maximum Gasteiger partial charge on any atom is 0.0431 e. The lowest BCUT2D eigenvalue weighted by Gasteiger charge is -2.04. The molecule has 0 aromatic heterocycles. The van der Waals surface area contributed by atoms with Crippen molar-refractivity contribution in [2.75, 3.05) is 20.8 Å². The molecule has 0 amide bonds. The van der Waals surface area contributed by atoms with Crippen LogP contribution in [0.1, 0.15) is 71.6 Å². The SMILES string of the molecule is CC(C)CCCCCCCCCCO.COC. The van der Waals surface area contributed by atoms with Crippen LogP contribution in [0.25, 0.3) is 0 Å². The smallest absolute Gasteiger partial charge is 0.0431 e. The molecule has 0 saturated carbocycles. The molecule has 0 radical (unpaired) electrons. The zero-order chi connectivity index (χ0) is 13.4. The molecule has 0 unspecified atom stereocenters. The van der Waals surface area contributed by atoms with Gasteiger partial charge in [0, 0.05) is 20.8 Å². The fourth-order valence-electron chi connectivity index (χ4n) is 1.73. The summed E-state index contributed by atoms with van der Waals surface area (Å²) < 4.78 is 4.25. The second-order valence-corrected chi connectivity index (χ2v) is 5.14. The first-order valence-corrected chi connectivity index (χ1v) is 7.20. The van der Waals surface area contributed by atoms with Gasteiger partial charge in [-0.1, -0.05) is 65.2 Å². The average molecular weight is 246 g/mol. The van der Waals surface area contributed by atoms with Crippen LogP contribution in [0.15, 0.2) is 0 Å². The molecule has 0 saturated heterocycles. The van der Waals surface area contributed by atoms with Crippen molar-refractivity contribution in [3.8, 4) is 0 Å². The number of hydrogen-bond donors (Lipinski definition) is 1. The quantitative estimate of drug-likeness (QED) is 0.579. The van der Waals surface area contributed by atoms with Crippen LogP contribution in [0.3, 0.4) is 0 Å². The third-order valence-corrected chi connectivity index (χ3v) is 2.69. The molecule has 0 aliphatic heterocycles. The maximum atomic E-state index is 8.59. The lowest BCUT2D eigenvalue weighted by atomic mass is 10.0. The summed E-state index contributed by atoms with van der Waals surface area (Å²) >= 11 is 0. The predicted molar refractivity (Wildman–Crippen MR) is 76.4 cm³/mol. The van der Waals surface area contributed by atoms with Gasteiger partial charge in [0.1, 0.15) is 0 Å². The molecule has 106 valence electrons. The molecule has 1 N–H and O–H groups in total. The minimum absolute atomic E-state index is 0.369. The number of rotatable bonds is 10. The fourth-order valence-corrected chi connectivity index (χ4v) is 1.73. The van der Waals surface area contributed by atoms with Crippen LogP contribution in [0, 0.1) is 5.92 Å². The van der Waals surface area contributed by atoms with Crippen LogP contribution >= 0.6 is 0 Å². The summed E-state index contributed by atoms with van der Waals surface area (Å²) in [4.78, 5) is 0. The van der Waals surface area contributed by atoms with Gasteiger partial charge in [-0.2, -0.15) is 0 Å². The highest BCUT2D eigenvalue weighted by Gasteiger charge is 1.94. The second kappa shape index (κ2) is 18.3. The van der Waals surface area contributed by atoms with Crippen molar-refractivity contribution >= 4 is 0 Å². The van der Waals surface area contributed by atoms with Gasteiger partial charge in [0.25, 0.3) is 0 Å². The molecular formula is C15H34O2. The first-order valence-electron chi connectivity index (χ1n) is 7.20. The van der Waals surface area contributed by atoms with E-state index in [2.05, 4.69) is 18.6 Å². The molecule has 0 aliphatic rings. The van der Waals surface area contributed by atoms with E-state index in [-0.39, 0.29) is 0 Å². The van der Waals surface area contributed by atoms with Gasteiger partial charge in [-0.3, -0.25) is 0 Å². The van der Waals surface area contributed by atoms with Gasteiger partial charge in [-0.15, -0.1) is 0 Å². The molecule has 0 bridgehead atoms. The number of aliphatic hydroxyl groups excluding tert-OH is 1. The Labute approximate surface area is 109 Å². The minimum Gasteiger partial charge on any atom is -0.396 e. The predicted octanol–water partition coefficient (Wildman–Crippen LogP) is 4.41. The maximum absolute atomic E-state index is 8.59. The first kappa shape index (κ1) is 19.3. The summed E-state index contributed by atoms with van der Waals surface area (Å²) in [5, 5.41) is 8.59. The molecule has 0 heterocycles. The second-order valence-electron chi connectivity index (χ2n) is 5.14. The Morgan fingerprint density at radius 2 is 1.12 bits per heavy atom. The van der Waals surface area contributed by atoms with E-state index in [1.807, 2.05) is 0 Å². The topological polar surface area (TPSA) is 29.5 Å². The van der Waals surface area contributed by atoms with Gasteiger partial charge >= 0.3 is 0 Å². The van der Waals surface area contributed by atoms with Crippen LogP contribution in [0.5, 0.6) is 0 Å². The van der Waals surface area contributed by atoms with Crippen molar-refractivity contribution in [3.05, 3.63) is 0 Å². The van der Waals surface area contributed by atoms with E-state index >= 15 is 0 Å². The molecule has 0 rings (SSSR count). The standard InChI is InChI=1S/C13H28O.C2H6O/c1-13(2)11-9-7-5-3-4-6-8-10-12-14;1-3-2/h13-14H,3-12H2,1-2H3;1-2H3. The average Bonchev–Trinajstić information content (AvgIpc) is 2.27. The summed E-state index contributed by atoms with van der Waals surface area (Å²) in [7, 11) is 3.25. The van der Waals surface area contributed by atoms with Crippen molar-refractivity contribution in [2.24, 2.45) is 5.92 Å². The van der Waals surface area contributed by atoms with Crippen LogP contribution in [0.4, 0.5) is 0 Å². The van der Waals surface area contributed by atoms with Gasteiger partial charge in [-0.25, -0.2) is 0 Å². The molecule has 0 fully saturated rings. The molecular weight excluding hydrogens is 212 g/mol. The van der Waals surface area contributed by atoms with Crippen LogP contribution in [0.2, 0.25) is 0 Å². The molecule has 0 aromatic rings. The lowest BCUT2D eigenvalue weighted by Crippen LogP contribution is -1.87. The van der Waals surface area contributed by atoms with Crippen molar-refractivity contribution in [1.29, 1.82) is 0 Å². The lowest BCUT2D eigenvalue weighted by molar-refractivity contribution is 0.277. The van der Waals surface area contributed by atoms with Crippen LogP contribution in [-0.4, -0.2) is 25.9 Å². The fraction of sp³-hybridized carbons (Fsp3) is 1.00. The Bertz CT molecular complexity index is 113. The van der Waals surface area contributed by atoms with Gasteiger partial charge in [0.2, 0.25) is 0 Å². The number of methoxy groups -OCH3 is 1. The summed E-state index contributed by atoms with van der Waals surface area (Å²) in [6.07, 6.45) is 11.9. The van der Waals surface area contributed by atoms with E-state index in [0.29, 0.717) is 6.61 Å². The van der Waals surface area contributed by atoms with E-state index < -0.39 is 0 Å². The van der Waals surface area contributed by atoms with Gasteiger partial charge < -0.3 is 9.84 Å². The highest BCUT2D eigenvalue weighted by atomic mass is 16.4. The number of unbranched alkanes of at least 4 members (excludes halogenated alkanes) is 7. The summed E-state index contributed by atoms with van der Waals surface area (Å²) in [6, 6.07) is 0. The molecule has 0 atom stereocenters. The Balaban J connectivity index is 0.